The number of nitrogens with one attached hydrogen (secondary N) is 2. The zero-order valence-corrected chi connectivity index (χ0v) is 24.9. The van der Waals surface area contributed by atoms with Gasteiger partial charge in [0.15, 0.2) is 0 Å². The minimum absolute atomic E-state index is 0.0588. The minimum Gasteiger partial charge on any atom is -0.508 e. The van der Waals surface area contributed by atoms with Crippen molar-refractivity contribution in [3.8, 4) is 5.75 Å². The number of nitrogens with zero attached hydrogens (tertiary/aromatic N) is 1. The molecule has 3 amide bonds. The zero-order valence-electron chi connectivity index (χ0n) is 24.9. The van der Waals surface area contributed by atoms with E-state index in [1.165, 1.54) is 6.42 Å². The van der Waals surface area contributed by atoms with Gasteiger partial charge in [0.1, 0.15) is 23.4 Å². The van der Waals surface area contributed by atoms with Crippen molar-refractivity contribution in [3.63, 3.8) is 0 Å². The number of benzene rings is 1. The Bertz CT molecular complexity index is 896. The van der Waals surface area contributed by atoms with Crippen LogP contribution in [0.5, 0.6) is 5.75 Å². The van der Waals surface area contributed by atoms with Gasteiger partial charge >= 0.3 is 6.09 Å². The molecule has 1 aromatic rings. The fourth-order valence-electron chi connectivity index (χ4n) is 4.37. The average molecular weight is 534 g/mol. The van der Waals surface area contributed by atoms with Crippen LogP contribution in [0.4, 0.5) is 4.79 Å². The number of aromatic hydroxyl groups is 1. The molecular formula is C30H51N3O5. The molecule has 0 saturated carbocycles. The zero-order chi connectivity index (χ0) is 28.9. The normalized spacial score (nSPS) is 13.8. The number of rotatable bonds is 15. The van der Waals surface area contributed by atoms with E-state index in [1.807, 2.05) is 6.92 Å². The third kappa shape index (κ3) is 11.7. The summed E-state index contributed by atoms with van der Waals surface area (Å²) in [6.45, 7) is 15.2. The topological polar surface area (TPSA) is 108 Å². The molecule has 3 atom stereocenters. The van der Waals surface area contributed by atoms with Gasteiger partial charge in [0.25, 0.3) is 0 Å². The third-order valence-corrected chi connectivity index (χ3v) is 6.35. The van der Waals surface area contributed by atoms with Crippen LogP contribution in [0.15, 0.2) is 18.2 Å². The third-order valence-electron chi connectivity index (χ3n) is 6.35. The van der Waals surface area contributed by atoms with E-state index in [0.29, 0.717) is 17.7 Å². The first-order chi connectivity index (χ1) is 17.8. The Morgan fingerprint density at radius 1 is 0.974 bits per heavy atom. The van der Waals surface area contributed by atoms with Gasteiger partial charge in [-0.25, -0.2) is 4.79 Å². The van der Waals surface area contributed by atoms with Crippen molar-refractivity contribution in [1.29, 1.82) is 0 Å². The number of carbonyl (C=O) groups is 3. The molecule has 1 rings (SSSR count). The lowest BCUT2D eigenvalue weighted by Gasteiger charge is -2.34. The highest BCUT2D eigenvalue weighted by Crippen LogP contribution is 2.28. The number of phenols is 1. The van der Waals surface area contributed by atoms with Crippen LogP contribution in [0, 0.1) is 6.92 Å². The first-order valence-corrected chi connectivity index (χ1v) is 14.2. The standard InChI is InChI=1S/C30H51N3O5/c1-9-11-12-13-14-15-19-33(28(36)23(5)32-29(37)38-30(6,7)8)26(27(35)31-22(4)16-10-2)24-17-18-25(34)21(3)20-24/h17-18,20,22-23,26,34H,9-16,19H2,1-8H3,(H,31,35)(H,32,37). The summed E-state index contributed by atoms with van der Waals surface area (Å²) in [6.07, 6.45) is 7.24. The summed E-state index contributed by atoms with van der Waals surface area (Å²) in [6, 6.07) is 3.13. The Hall–Kier alpha value is -2.77. The predicted molar refractivity (Wildman–Crippen MR) is 152 cm³/mol. The highest BCUT2D eigenvalue weighted by Gasteiger charge is 2.35. The molecule has 1 aromatic carbocycles. The number of phenolic OH excluding ortho intramolecular Hbond substituents is 1. The molecule has 0 aliphatic heterocycles. The van der Waals surface area contributed by atoms with Gasteiger partial charge in [0, 0.05) is 12.6 Å². The molecule has 0 aliphatic carbocycles. The average Bonchev–Trinajstić information content (AvgIpc) is 2.80. The number of ether oxygens (including phenoxy) is 1. The van der Waals surface area contributed by atoms with Crippen LogP contribution in [0.2, 0.25) is 0 Å². The summed E-state index contributed by atoms with van der Waals surface area (Å²) >= 11 is 0. The number of amides is 3. The smallest absolute Gasteiger partial charge is 0.408 e. The SMILES string of the molecule is CCCCCCCCN(C(=O)C(C)NC(=O)OC(C)(C)C)C(C(=O)NC(C)CCC)c1ccc(O)c(C)c1. The van der Waals surface area contributed by atoms with Crippen molar-refractivity contribution >= 4 is 17.9 Å². The maximum Gasteiger partial charge on any atom is 0.408 e. The van der Waals surface area contributed by atoms with Gasteiger partial charge in [-0.15, -0.1) is 0 Å². The van der Waals surface area contributed by atoms with E-state index in [9.17, 15) is 19.5 Å². The summed E-state index contributed by atoms with van der Waals surface area (Å²) < 4.78 is 5.35. The molecule has 0 fully saturated rings. The molecule has 0 aliphatic rings. The van der Waals surface area contributed by atoms with Gasteiger partial charge in [0.2, 0.25) is 11.8 Å². The molecule has 0 radical (unpaired) electrons. The first-order valence-electron chi connectivity index (χ1n) is 14.2. The molecule has 8 heteroatoms. The lowest BCUT2D eigenvalue weighted by molar-refractivity contribution is -0.142. The second-order valence-corrected chi connectivity index (χ2v) is 11.3. The molecule has 8 nitrogen and oxygen atoms in total. The second-order valence-electron chi connectivity index (χ2n) is 11.3. The van der Waals surface area contributed by atoms with Gasteiger partial charge in [-0.1, -0.05) is 58.4 Å². The van der Waals surface area contributed by atoms with E-state index in [2.05, 4.69) is 24.5 Å². The van der Waals surface area contributed by atoms with Gasteiger partial charge in [-0.3, -0.25) is 9.59 Å². The fraction of sp³-hybridized carbons (Fsp3) is 0.700. The van der Waals surface area contributed by atoms with Gasteiger partial charge in [-0.2, -0.15) is 0 Å². The summed E-state index contributed by atoms with van der Waals surface area (Å²) in [5.74, 6) is -0.515. The van der Waals surface area contributed by atoms with Crippen molar-refractivity contribution in [1.82, 2.24) is 15.5 Å². The van der Waals surface area contributed by atoms with Crippen LogP contribution in [-0.2, 0) is 14.3 Å². The summed E-state index contributed by atoms with van der Waals surface area (Å²) in [5.41, 5.74) is 0.533. The molecule has 3 unspecified atom stereocenters. The second kappa shape index (κ2) is 16.2. The van der Waals surface area contributed by atoms with Crippen LogP contribution in [-0.4, -0.2) is 52.1 Å². The van der Waals surface area contributed by atoms with Crippen LogP contribution < -0.4 is 10.6 Å². The Balaban J connectivity index is 3.33. The summed E-state index contributed by atoms with van der Waals surface area (Å²) in [5, 5.41) is 15.8. The highest BCUT2D eigenvalue weighted by atomic mass is 16.6. The Labute approximate surface area is 229 Å². The Kier molecular flexibility index (Phi) is 14.2. The Morgan fingerprint density at radius 2 is 1.61 bits per heavy atom. The van der Waals surface area contributed by atoms with Gasteiger partial charge in [0.05, 0.1) is 0 Å². The number of unbranched alkanes of at least 4 members (excludes halogenated alkanes) is 5. The summed E-state index contributed by atoms with van der Waals surface area (Å²) in [7, 11) is 0. The molecule has 0 bridgehead atoms. The molecule has 216 valence electrons. The van der Waals surface area contributed by atoms with E-state index < -0.39 is 23.8 Å². The molecule has 38 heavy (non-hydrogen) atoms. The lowest BCUT2D eigenvalue weighted by Crippen LogP contribution is -2.52. The monoisotopic (exact) mass is 533 g/mol. The Morgan fingerprint density at radius 3 is 2.18 bits per heavy atom. The van der Waals surface area contributed by atoms with Crippen LogP contribution >= 0.6 is 0 Å². The predicted octanol–water partition coefficient (Wildman–Crippen LogP) is 6.15. The van der Waals surface area contributed by atoms with Crippen molar-refractivity contribution in [2.75, 3.05) is 6.54 Å². The molecule has 3 N–H and O–H groups in total. The van der Waals surface area contributed by atoms with Crippen molar-refractivity contribution in [2.45, 2.75) is 130 Å². The van der Waals surface area contributed by atoms with E-state index >= 15 is 0 Å². The number of hydrogen-bond acceptors (Lipinski definition) is 5. The quantitative estimate of drug-likeness (QED) is 0.234. The number of hydrogen-bond donors (Lipinski definition) is 3. The van der Waals surface area contributed by atoms with Crippen molar-refractivity contribution in [2.24, 2.45) is 0 Å². The molecule has 0 saturated heterocycles. The number of carbonyl (C=O) groups excluding carboxylic acids is 3. The minimum atomic E-state index is -0.903. The van der Waals surface area contributed by atoms with Crippen LogP contribution in [0.3, 0.4) is 0 Å². The molecule has 0 heterocycles. The van der Waals surface area contributed by atoms with Crippen LogP contribution in [0.1, 0.15) is 117 Å². The maximum atomic E-state index is 13.8. The van der Waals surface area contributed by atoms with E-state index in [0.717, 1.165) is 44.9 Å². The van der Waals surface area contributed by atoms with E-state index in [4.69, 9.17) is 4.74 Å². The van der Waals surface area contributed by atoms with Gasteiger partial charge in [-0.05, 0) is 77.6 Å². The number of aryl methyl sites for hydroxylation is 1. The molecule has 0 aromatic heterocycles. The van der Waals surface area contributed by atoms with E-state index in [-0.39, 0.29) is 23.6 Å². The van der Waals surface area contributed by atoms with Crippen molar-refractivity contribution < 1.29 is 24.2 Å². The number of alkyl carbamates (subject to hydrolysis) is 1. The van der Waals surface area contributed by atoms with Crippen molar-refractivity contribution in [3.05, 3.63) is 29.3 Å². The fourth-order valence-corrected chi connectivity index (χ4v) is 4.37. The lowest BCUT2D eigenvalue weighted by atomic mass is 9.99. The largest absolute Gasteiger partial charge is 0.508 e. The maximum absolute atomic E-state index is 13.8. The first kappa shape index (κ1) is 33.3. The van der Waals surface area contributed by atoms with E-state index in [1.54, 1.807) is 57.7 Å². The molecular weight excluding hydrogens is 482 g/mol. The molecule has 0 spiro atoms. The van der Waals surface area contributed by atoms with Crippen LogP contribution in [0.25, 0.3) is 0 Å². The summed E-state index contributed by atoms with van der Waals surface area (Å²) in [4.78, 5) is 41.5. The van der Waals surface area contributed by atoms with Gasteiger partial charge < -0.3 is 25.4 Å². The highest BCUT2D eigenvalue weighted by molar-refractivity contribution is 5.92.